The molecule has 0 unspecified atom stereocenters. The Labute approximate surface area is 190 Å². The van der Waals surface area contributed by atoms with E-state index in [1.54, 1.807) is 12.1 Å². The summed E-state index contributed by atoms with van der Waals surface area (Å²) < 4.78 is 1.82. The topological polar surface area (TPSA) is 129 Å². The van der Waals surface area contributed by atoms with E-state index in [1.807, 2.05) is 41.8 Å². The highest BCUT2D eigenvalue weighted by Gasteiger charge is 2.18. The molecule has 2 heterocycles. The lowest BCUT2D eigenvalue weighted by Gasteiger charge is -2.10. The van der Waals surface area contributed by atoms with E-state index in [-0.39, 0.29) is 17.3 Å². The van der Waals surface area contributed by atoms with Crippen molar-refractivity contribution in [3.05, 3.63) is 69.7 Å². The van der Waals surface area contributed by atoms with Crippen LogP contribution in [0, 0.1) is 10.1 Å². The molecule has 0 aliphatic carbocycles. The zero-order valence-corrected chi connectivity index (χ0v) is 18.5. The van der Waals surface area contributed by atoms with E-state index in [9.17, 15) is 14.9 Å². The Hall–Kier alpha value is -3.64. The van der Waals surface area contributed by atoms with Crippen molar-refractivity contribution in [2.24, 2.45) is 0 Å². The maximum Gasteiger partial charge on any atom is 0.269 e. The number of rotatable bonds is 8. The predicted octanol–water partition coefficient (Wildman–Crippen LogP) is 3.99. The number of nitrogens with zero attached hydrogens (tertiary/aromatic N) is 6. The van der Waals surface area contributed by atoms with E-state index in [4.69, 9.17) is 0 Å². The second-order valence-corrected chi connectivity index (χ2v) is 8.48. The largest absolute Gasteiger partial charge is 0.300 e. The molecule has 1 amide bonds. The molecule has 4 rings (SSSR count). The Morgan fingerprint density at radius 2 is 1.84 bits per heavy atom. The van der Waals surface area contributed by atoms with Crippen LogP contribution in [0.4, 0.5) is 10.8 Å². The van der Waals surface area contributed by atoms with E-state index in [0.717, 1.165) is 17.1 Å². The van der Waals surface area contributed by atoms with Crippen LogP contribution in [-0.4, -0.2) is 41.5 Å². The molecule has 2 aromatic heterocycles. The third-order valence-corrected chi connectivity index (χ3v) is 6.24. The number of nitro groups is 1. The van der Waals surface area contributed by atoms with Gasteiger partial charge < -0.3 is 0 Å². The first-order chi connectivity index (χ1) is 15.5. The summed E-state index contributed by atoms with van der Waals surface area (Å²) in [7, 11) is 0. The minimum Gasteiger partial charge on any atom is -0.300 e. The third kappa shape index (κ3) is 4.81. The van der Waals surface area contributed by atoms with Gasteiger partial charge in [-0.2, -0.15) is 0 Å². The minimum atomic E-state index is -0.451. The zero-order chi connectivity index (χ0) is 22.5. The quantitative estimate of drug-likeness (QED) is 0.234. The molecule has 0 atom stereocenters. The summed E-state index contributed by atoms with van der Waals surface area (Å²) in [5.41, 5.74) is 1.48. The molecule has 1 N–H and O–H groups in total. The molecular formula is C20H17N7O3S2. The third-order valence-electron chi connectivity index (χ3n) is 4.33. The summed E-state index contributed by atoms with van der Waals surface area (Å²) in [5.74, 6) is 0.394. The SMILES string of the molecule is CCc1nnc(NC(=O)CSc2nnc(-c3ccc([N+](=O)[O-])cc3)n2-c2ccccc2)s1. The van der Waals surface area contributed by atoms with Crippen molar-refractivity contribution in [1.82, 2.24) is 25.0 Å². The highest BCUT2D eigenvalue weighted by Crippen LogP contribution is 2.29. The number of benzene rings is 2. The lowest BCUT2D eigenvalue weighted by atomic mass is 10.2. The van der Waals surface area contributed by atoms with Crippen molar-refractivity contribution in [2.75, 3.05) is 11.1 Å². The second kappa shape index (κ2) is 9.66. The standard InChI is InChI=1S/C20H17N7O3S2/c1-2-17-22-24-19(32-17)21-16(28)12-31-20-25-23-18(26(20)14-6-4-3-5-7-14)13-8-10-15(11-9-13)27(29)30/h3-11H,2,12H2,1H3,(H,21,24,28). The molecule has 10 nitrogen and oxygen atoms in total. The normalized spacial score (nSPS) is 10.8. The molecule has 0 saturated carbocycles. The van der Waals surface area contributed by atoms with Gasteiger partial charge >= 0.3 is 0 Å². The number of carbonyl (C=O) groups excluding carboxylic acids is 1. The molecule has 0 spiro atoms. The number of anilines is 1. The van der Waals surface area contributed by atoms with Gasteiger partial charge in [-0.15, -0.1) is 20.4 Å². The van der Waals surface area contributed by atoms with Gasteiger partial charge in [0.15, 0.2) is 11.0 Å². The van der Waals surface area contributed by atoms with Crippen LogP contribution in [0.15, 0.2) is 59.8 Å². The van der Waals surface area contributed by atoms with Crippen LogP contribution in [0.5, 0.6) is 0 Å². The van der Waals surface area contributed by atoms with E-state index in [1.165, 1.54) is 35.2 Å². The number of hydrogen-bond donors (Lipinski definition) is 1. The summed E-state index contributed by atoms with van der Waals surface area (Å²) in [4.78, 5) is 22.9. The van der Waals surface area contributed by atoms with Crippen LogP contribution in [-0.2, 0) is 11.2 Å². The smallest absolute Gasteiger partial charge is 0.269 e. The number of non-ortho nitro benzene ring substituents is 1. The predicted molar refractivity (Wildman–Crippen MR) is 122 cm³/mol. The molecule has 0 fully saturated rings. The van der Waals surface area contributed by atoms with Gasteiger partial charge in [-0.1, -0.05) is 48.2 Å². The highest BCUT2D eigenvalue weighted by atomic mass is 32.2. The first-order valence-electron chi connectivity index (χ1n) is 9.56. The molecule has 4 aromatic rings. The van der Waals surface area contributed by atoms with Gasteiger partial charge in [-0.05, 0) is 30.7 Å². The average Bonchev–Trinajstić information content (AvgIpc) is 3.45. The van der Waals surface area contributed by atoms with Crippen molar-refractivity contribution in [1.29, 1.82) is 0 Å². The summed E-state index contributed by atoms with van der Waals surface area (Å²) in [6.07, 6.45) is 0.758. The number of aryl methyl sites for hydroxylation is 1. The first-order valence-corrected chi connectivity index (χ1v) is 11.4. The molecule has 0 bridgehead atoms. The number of amides is 1. The summed E-state index contributed by atoms with van der Waals surface area (Å²) in [5, 5.41) is 32.0. The van der Waals surface area contributed by atoms with Crippen LogP contribution >= 0.6 is 23.1 Å². The van der Waals surface area contributed by atoms with Gasteiger partial charge in [0.1, 0.15) is 5.01 Å². The summed E-state index contributed by atoms with van der Waals surface area (Å²) in [6, 6.07) is 15.6. The number of aromatic nitrogens is 5. The Balaban J connectivity index is 1.58. The molecule has 0 aliphatic rings. The maximum atomic E-state index is 12.4. The van der Waals surface area contributed by atoms with Gasteiger partial charge in [0.25, 0.3) is 5.69 Å². The maximum absolute atomic E-state index is 12.4. The first kappa shape index (κ1) is 21.6. The Morgan fingerprint density at radius 3 is 2.50 bits per heavy atom. The molecule has 12 heteroatoms. The number of thioether (sulfide) groups is 1. The monoisotopic (exact) mass is 467 g/mol. The minimum absolute atomic E-state index is 0.00583. The lowest BCUT2D eigenvalue weighted by molar-refractivity contribution is -0.384. The van der Waals surface area contributed by atoms with Crippen molar-refractivity contribution in [3.63, 3.8) is 0 Å². The van der Waals surface area contributed by atoms with Crippen LogP contribution in [0.2, 0.25) is 0 Å². The van der Waals surface area contributed by atoms with E-state index >= 15 is 0 Å². The zero-order valence-electron chi connectivity index (χ0n) is 16.8. The van der Waals surface area contributed by atoms with Crippen LogP contribution < -0.4 is 5.32 Å². The number of hydrogen-bond acceptors (Lipinski definition) is 9. The number of para-hydroxylation sites is 1. The van der Waals surface area contributed by atoms with Crippen molar-refractivity contribution in [2.45, 2.75) is 18.5 Å². The Bertz CT molecular complexity index is 1240. The fraction of sp³-hybridized carbons (Fsp3) is 0.150. The fourth-order valence-corrected chi connectivity index (χ4v) is 4.27. The van der Waals surface area contributed by atoms with Crippen molar-refractivity contribution in [3.8, 4) is 17.1 Å². The van der Waals surface area contributed by atoms with Gasteiger partial charge in [0, 0.05) is 23.4 Å². The van der Waals surface area contributed by atoms with Crippen LogP contribution in [0.3, 0.4) is 0 Å². The van der Waals surface area contributed by atoms with Crippen molar-refractivity contribution >= 4 is 39.8 Å². The van der Waals surface area contributed by atoms with Crippen LogP contribution in [0.25, 0.3) is 17.1 Å². The fourth-order valence-electron chi connectivity index (χ4n) is 2.82. The molecule has 32 heavy (non-hydrogen) atoms. The van der Waals surface area contributed by atoms with Crippen LogP contribution in [0.1, 0.15) is 11.9 Å². The van der Waals surface area contributed by atoms with Gasteiger partial charge in [-0.3, -0.25) is 24.8 Å². The molecule has 0 saturated heterocycles. The molecule has 0 radical (unpaired) electrons. The molecular weight excluding hydrogens is 450 g/mol. The second-order valence-electron chi connectivity index (χ2n) is 6.47. The number of carbonyl (C=O) groups is 1. The van der Waals surface area contributed by atoms with Gasteiger partial charge in [0.05, 0.1) is 10.7 Å². The molecule has 162 valence electrons. The van der Waals surface area contributed by atoms with E-state index in [2.05, 4.69) is 25.7 Å². The van der Waals surface area contributed by atoms with E-state index < -0.39 is 4.92 Å². The number of nitro benzene ring substituents is 1. The Morgan fingerprint density at radius 1 is 1.09 bits per heavy atom. The van der Waals surface area contributed by atoms with Gasteiger partial charge in [0.2, 0.25) is 11.0 Å². The highest BCUT2D eigenvalue weighted by molar-refractivity contribution is 7.99. The number of nitrogens with one attached hydrogen (secondary N) is 1. The Kier molecular flexibility index (Phi) is 6.52. The molecule has 2 aromatic carbocycles. The molecule has 0 aliphatic heterocycles. The summed E-state index contributed by atoms with van der Waals surface area (Å²) in [6.45, 7) is 1.97. The van der Waals surface area contributed by atoms with Crippen molar-refractivity contribution < 1.29 is 9.72 Å². The summed E-state index contributed by atoms with van der Waals surface area (Å²) >= 11 is 2.57. The lowest BCUT2D eigenvalue weighted by Crippen LogP contribution is -2.14. The van der Waals surface area contributed by atoms with E-state index in [0.29, 0.717) is 21.7 Å². The van der Waals surface area contributed by atoms with Gasteiger partial charge in [-0.25, -0.2) is 0 Å². The average molecular weight is 468 g/mol.